The number of hydrogen-bond donors (Lipinski definition) is 2. The molecule has 3 saturated heterocycles. The SMILES string of the molecule is CC(C)ON(C(O)c1ccc2[nH]ccc2c1Cl)C1CN2CCC1CC2. The largest absolute Gasteiger partial charge is 0.372 e. The Morgan fingerprint density at radius 3 is 2.68 bits per heavy atom. The Bertz CT molecular complexity index is 739. The van der Waals surface area contributed by atoms with Gasteiger partial charge < -0.3 is 15.0 Å². The lowest BCUT2D eigenvalue weighted by Gasteiger charge is -2.49. The minimum Gasteiger partial charge on any atom is -0.372 e. The average Bonchev–Trinajstić information content (AvgIpc) is 3.10. The second-order valence-corrected chi connectivity index (χ2v) is 7.88. The summed E-state index contributed by atoms with van der Waals surface area (Å²) in [4.78, 5) is 11.7. The molecule has 0 amide bonds. The Morgan fingerprint density at radius 1 is 1.28 bits per heavy atom. The van der Waals surface area contributed by atoms with Crippen LogP contribution in [0.4, 0.5) is 0 Å². The predicted octanol–water partition coefficient (Wildman–Crippen LogP) is 3.55. The standard InChI is InChI=1S/C19H26ClN3O2/c1-12(2)25-23(17-11-22-9-6-13(17)7-10-22)19(24)15-3-4-16-14(18(15)20)5-8-21-16/h3-5,8,12-13,17,19,21,24H,6-7,9-11H2,1-2H3. The van der Waals surface area contributed by atoms with Crippen molar-refractivity contribution in [2.24, 2.45) is 5.92 Å². The summed E-state index contributed by atoms with van der Waals surface area (Å²) in [6.45, 7) is 7.25. The molecule has 5 rings (SSSR count). The second kappa shape index (κ2) is 6.89. The number of aromatic amines is 1. The fourth-order valence-corrected chi connectivity index (χ4v) is 4.56. The first kappa shape index (κ1) is 17.3. The minimum absolute atomic E-state index is 0.000122. The number of hydroxylamine groups is 2. The number of piperidine rings is 3. The highest BCUT2D eigenvalue weighted by Gasteiger charge is 2.41. The Hall–Kier alpha value is -1.11. The van der Waals surface area contributed by atoms with Gasteiger partial charge in [-0.25, -0.2) is 0 Å². The van der Waals surface area contributed by atoms with E-state index >= 15 is 0 Å². The maximum Gasteiger partial charge on any atom is 0.157 e. The molecular formula is C19H26ClN3O2. The fraction of sp³-hybridized carbons (Fsp3) is 0.579. The van der Waals surface area contributed by atoms with Crippen LogP contribution in [-0.4, -0.2) is 51.8 Å². The topological polar surface area (TPSA) is 51.7 Å². The molecule has 2 N–H and O–H groups in total. The molecule has 6 heteroatoms. The van der Waals surface area contributed by atoms with E-state index in [1.54, 1.807) is 5.06 Å². The Balaban J connectivity index is 1.67. The molecule has 0 radical (unpaired) electrons. The van der Waals surface area contributed by atoms with Gasteiger partial charge in [0.2, 0.25) is 0 Å². The van der Waals surface area contributed by atoms with Gasteiger partial charge in [0.1, 0.15) is 0 Å². The molecule has 1 aromatic heterocycles. The van der Waals surface area contributed by atoms with Gasteiger partial charge in [-0.15, -0.1) is 0 Å². The molecule has 0 saturated carbocycles. The lowest BCUT2D eigenvalue weighted by molar-refractivity contribution is -0.300. The molecular weight excluding hydrogens is 338 g/mol. The molecule has 136 valence electrons. The van der Waals surface area contributed by atoms with Crippen LogP contribution in [-0.2, 0) is 4.84 Å². The number of benzene rings is 1. The third-order valence-electron chi connectivity index (χ3n) is 5.50. The highest BCUT2D eigenvalue weighted by Crippen LogP contribution is 2.38. The number of hydrogen-bond acceptors (Lipinski definition) is 4. The third-order valence-corrected chi connectivity index (χ3v) is 5.92. The van der Waals surface area contributed by atoms with E-state index in [4.69, 9.17) is 16.4 Å². The zero-order valence-corrected chi connectivity index (χ0v) is 15.5. The number of aromatic nitrogens is 1. The molecule has 2 bridgehead atoms. The smallest absolute Gasteiger partial charge is 0.157 e. The average molecular weight is 364 g/mol. The van der Waals surface area contributed by atoms with Crippen molar-refractivity contribution in [3.05, 3.63) is 35.0 Å². The number of halogens is 1. The minimum atomic E-state index is -0.875. The van der Waals surface area contributed by atoms with Gasteiger partial charge in [-0.1, -0.05) is 17.7 Å². The lowest BCUT2D eigenvalue weighted by Crippen LogP contribution is -2.58. The molecule has 3 aliphatic rings. The summed E-state index contributed by atoms with van der Waals surface area (Å²) in [5, 5.41) is 14.5. The van der Waals surface area contributed by atoms with Crippen molar-refractivity contribution in [2.75, 3.05) is 19.6 Å². The van der Waals surface area contributed by atoms with Gasteiger partial charge in [0, 0.05) is 29.2 Å². The van der Waals surface area contributed by atoms with Crippen LogP contribution in [0.2, 0.25) is 5.02 Å². The summed E-state index contributed by atoms with van der Waals surface area (Å²) in [6.07, 6.45) is 3.32. The first-order chi connectivity index (χ1) is 12.0. The van der Waals surface area contributed by atoms with Crippen molar-refractivity contribution in [1.82, 2.24) is 14.9 Å². The van der Waals surface area contributed by atoms with Crippen LogP contribution in [0.3, 0.4) is 0 Å². The molecule has 3 fully saturated rings. The fourth-order valence-electron chi connectivity index (χ4n) is 4.23. The van der Waals surface area contributed by atoms with Crippen LogP contribution in [0.15, 0.2) is 24.4 Å². The van der Waals surface area contributed by atoms with E-state index in [0.29, 0.717) is 16.5 Å². The Kier molecular flexibility index (Phi) is 4.77. The van der Waals surface area contributed by atoms with Crippen LogP contribution in [0, 0.1) is 5.92 Å². The zero-order valence-electron chi connectivity index (χ0n) is 14.8. The van der Waals surface area contributed by atoms with Gasteiger partial charge >= 0.3 is 0 Å². The second-order valence-electron chi connectivity index (χ2n) is 7.50. The first-order valence-electron chi connectivity index (χ1n) is 9.15. The monoisotopic (exact) mass is 363 g/mol. The zero-order chi connectivity index (χ0) is 17.6. The van der Waals surface area contributed by atoms with Crippen molar-refractivity contribution in [3.8, 4) is 0 Å². The molecule has 2 aromatic rings. The van der Waals surface area contributed by atoms with E-state index in [1.807, 2.05) is 38.2 Å². The maximum atomic E-state index is 11.2. The van der Waals surface area contributed by atoms with E-state index < -0.39 is 6.23 Å². The van der Waals surface area contributed by atoms with Gasteiger partial charge in [0.15, 0.2) is 6.23 Å². The van der Waals surface area contributed by atoms with Crippen LogP contribution in [0.25, 0.3) is 10.9 Å². The molecule has 4 heterocycles. The van der Waals surface area contributed by atoms with Crippen molar-refractivity contribution in [2.45, 2.75) is 45.1 Å². The normalized spacial score (nSPS) is 27.5. The van der Waals surface area contributed by atoms with Crippen LogP contribution in [0.5, 0.6) is 0 Å². The lowest BCUT2D eigenvalue weighted by atomic mass is 9.83. The number of aliphatic hydroxyl groups excluding tert-OH is 1. The Morgan fingerprint density at radius 2 is 2.04 bits per heavy atom. The van der Waals surface area contributed by atoms with E-state index in [-0.39, 0.29) is 12.1 Å². The number of nitrogens with zero attached hydrogens (tertiary/aromatic N) is 2. The maximum absolute atomic E-state index is 11.2. The van der Waals surface area contributed by atoms with Crippen molar-refractivity contribution < 1.29 is 9.94 Å². The molecule has 2 atom stereocenters. The third kappa shape index (κ3) is 3.20. The quantitative estimate of drug-likeness (QED) is 0.630. The highest BCUT2D eigenvalue weighted by atomic mass is 35.5. The first-order valence-corrected chi connectivity index (χ1v) is 9.53. The van der Waals surface area contributed by atoms with E-state index in [2.05, 4.69) is 9.88 Å². The van der Waals surface area contributed by atoms with Crippen molar-refractivity contribution >= 4 is 22.5 Å². The molecule has 0 aliphatic carbocycles. The van der Waals surface area contributed by atoms with Gasteiger partial charge in [-0.3, -0.25) is 4.84 Å². The summed E-state index contributed by atoms with van der Waals surface area (Å²) in [5.74, 6) is 0.563. The summed E-state index contributed by atoms with van der Waals surface area (Å²) in [6, 6.07) is 5.99. The van der Waals surface area contributed by atoms with Gasteiger partial charge in [0.05, 0.1) is 17.2 Å². The molecule has 3 aliphatic heterocycles. The highest BCUT2D eigenvalue weighted by molar-refractivity contribution is 6.36. The summed E-state index contributed by atoms with van der Waals surface area (Å²) < 4.78 is 0. The number of H-pyrrole nitrogens is 1. The van der Waals surface area contributed by atoms with Crippen LogP contribution in [0.1, 0.15) is 38.5 Å². The van der Waals surface area contributed by atoms with E-state index in [1.165, 1.54) is 12.8 Å². The molecule has 1 aromatic carbocycles. The van der Waals surface area contributed by atoms with Gasteiger partial charge in [0.25, 0.3) is 0 Å². The van der Waals surface area contributed by atoms with Crippen LogP contribution < -0.4 is 0 Å². The molecule has 5 nitrogen and oxygen atoms in total. The number of rotatable bonds is 5. The van der Waals surface area contributed by atoms with Crippen LogP contribution >= 0.6 is 11.6 Å². The van der Waals surface area contributed by atoms with Gasteiger partial charge in [-0.2, -0.15) is 5.06 Å². The van der Waals surface area contributed by atoms with E-state index in [9.17, 15) is 5.11 Å². The molecule has 25 heavy (non-hydrogen) atoms. The summed E-state index contributed by atoms with van der Waals surface area (Å²) in [7, 11) is 0. The van der Waals surface area contributed by atoms with E-state index in [0.717, 1.165) is 30.5 Å². The summed E-state index contributed by atoms with van der Waals surface area (Å²) in [5.41, 5.74) is 1.67. The summed E-state index contributed by atoms with van der Waals surface area (Å²) >= 11 is 6.60. The number of aliphatic hydroxyl groups is 1. The Labute approximate surface area is 153 Å². The molecule has 0 spiro atoms. The predicted molar refractivity (Wildman–Crippen MR) is 99.3 cm³/mol. The number of fused-ring (bicyclic) bond motifs is 4. The number of nitrogens with one attached hydrogen (secondary N) is 1. The van der Waals surface area contributed by atoms with Crippen molar-refractivity contribution in [1.29, 1.82) is 0 Å². The van der Waals surface area contributed by atoms with Gasteiger partial charge in [-0.05, 0) is 57.8 Å². The molecule has 2 unspecified atom stereocenters. The van der Waals surface area contributed by atoms with Crippen molar-refractivity contribution in [3.63, 3.8) is 0 Å².